The molecule has 1 atom stereocenters. The van der Waals surface area contributed by atoms with Gasteiger partial charge in [0.05, 0.1) is 31.8 Å². The van der Waals surface area contributed by atoms with Gasteiger partial charge in [-0.25, -0.2) is 0 Å². The van der Waals surface area contributed by atoms with Crippen LogP contribution in [-0.4, -0.2) is 76.9 Å². The summed E-state index contributed by atoms with van der Waals surface area (Å²) in [5, 5.41) is 9.61. The van der Waals surface area contributed by atoms with Crippen molar-refractivity contribution in [3.63, 3.8) is 0 Å². The number of rotatable bonds is 9. The van der Waals surface area contributed by atoms with Crippen molar-refractivity contribution in [3.8, 4) is 5.75 Å². The van der Waals surface area contributed by atoms with E-state index in [1.54, 1.807) is 14.2 Å². The van der Waals surface area contributed by atoms with E-state index in [2.05, 4.69) is 38.0 Å². The van der Waals surface area contributed by atoms with Crippen molar-refractivity contribution < 1.29 is 14.3 Å². The molecule has 2 rings (SSSR count). The molecule has 1 aromatic rings. The highest BCUT2D eigenvalue weighted by Crippen LogP contribution is 2.23. The maximum atomic E-state index is 12.2. The highest BCUT2D eigenvalue weighted by Gasteiger charge is 2.28. The lowest BCUT2D eigenvalue weighted by Crippen LogP contribution is -2.50. The SMILES string of the molecule is CCNC(=O)C(C)(C)CNC(=NC)NCC(c1ccc(OC)cc1)N1CCOCC1.I. The summed E-state index contributed by atoms with van der Waals surface area (Å²) in [6.07, 6.45) is 0. The Kier molecular flexibility index (Phi) is 12.2. The van der Waals surface area contributed by atoms with E-state index < -0.39 is 5.41 Å². The molecule has 0 bridgehead atoms. The number of amides is 1. The van der Waals surface area contributed by atoms with Gasteiger partial charge in [-0.1, -0.05) is 12.1 Å². The summed E-state index contributed by atoms with van der Waals surface area (Å²) in [7, 11) is 3.42. The lowest BCUT2D eigenvalue weighted by atomic mass is 9.92. The maximum Gasteiger partial charge on any atom is 0.227 e. The highest BCUT2D eigenvalue weighted by molar-refractivity contribution is 14.0. The number of benzene rings is 1. The van der Waals surface area contributed by atoms with Gasteiger partial charge in [0, 0.05) is 39.8 Å². The molecule has 0 radical (unpaired) electrons. The van der Waals surface area contributed by atoms with Gasteiger partial charge in [-0.05, 0) is 38.5 Å². The van der Waals surface area contributed by atoms with Crippen molar-refractivity contribution in [3.05, 3.63) is 29.8 Å². The van der Waals surface area contributed by atoms with Crippen LogP contribution in [0.4, 0.5) is 0 Å². The topological polar surface area (TPSA) is 87.2 Å². The molecule has 1 saturated heterocycles. The van der Waals surface area contributed by atoms with Crippen LogP contribution in [0.3, 0.4) is 0 Å². The standard InChI is InChI=1S/C22H37N5O3.HI/c1-6-24-20(28)22(2,3)16-26-21(23-4)25-15-19(27-11-13-30-14-12-27)17-7-9-18(29-5)10-8-17;/h7-10,19H,6,11-16H2,1-5H3,(H,24,28)(H2,23,25,26);1H. The number of methoxy groups -OCH3 is 1. The zero-order chi connectivity index (χ0) is 22.0. The minimum atomic E-state index is -0.535. The first-order chi connectivity index (χ1) is 14.4. The molecule has 176 valence electrons. The van der Waals surface area contributed by atoms with E-state index in [0.717, 1.165) is 32.1 Å². The van der Waals surface area contributed by atoms with Crippen LogP contribution >= 0.6 is 24.0 Å². The summed E-state index contributed by atoms with van der Waals surface area (Å²) >= 11 is 0. The summed E-state index contributed by atoms with van der Waals surface area (Å²) in [4.78, 5) is 19.0. The van der Waals surface area contributed by atoms with Crippen LogP contribution in [0, 0.1) is 5.41 Å². The predicted molar refractivity (Wildman–Crippen MR) is 135 cm³/mol. The van der Waals surface area contributed by atoms with Crippen LogP contribution in [0.1, 0.15) is 32.4 Å². The van der Waals surface area contributed by atoms with Crippen molar-refractivity contribution in [2.24, 2.45) is 10.4 Å². The van der Waals surface area contributed by atoms with Crippen LogP contribution in [0.15, 0.2) is 29.3 Å². The fraction of sp³-hybridized carbons (Fsp3) is 0.636. The first kappa shape index (κ1) is 27.4. The quantitative estimate of drug-likeness (QED) is 0.249. The van der Waals surface area contributed by atoms with Gasteiger partial charge in [-0.2, -0.15) is 0 Å². The molecule has 8 nitrogen and oxygen atoms in total. The summed E-state index contributed by atoms with van der Waals surface area (Å²) in [6, 6.07) is 8.37. The number of halogens is 1. The average molecular weight is 547 g/mol. The third kappa shape index (κ3) is 8.46. The van der Waals surface area contributed by atoms with Gasteiger partial charge in [0.1, 0.15) is 5.75 Å². The summed E-state index contributed by atoms with van der Waals surface area (Å²) in [5.74, 6) is 1.55. The number of nitrogens with zero attached hydrogens (tertiary/aromatic N) is 2. The number of nitrogens with one attached hydrogen (secondary N) is 3. The number of carbonyl (C=O) groups excluding carboxylic acids is 1. The molecule has 1 amide bonds. The third-order valence-electron chi connectivity index (χ3n) is 5.32. The minimum Gasteiger partial charge on any atom is -0.497 e. The molecule has 1 unspecified atom stereocenters. The van der Waals surface area contributed by atoms with Gasteiger partial charge in [0.25, 0.3) is 0 Å². The molecule has 1 fully saturated rings. The Morgan fingerprint density at radius 1 is 1.19 bits per heavy atom. The van der Waals surface area contributed by atoms with E-state index in [4.69, 9.17) is 9.47 Å². The second kappa shape index (κ2) is 13.7. The van der Waals surface area contributed by atoms with Gasteiger partial charge in [-0.15, -0.1) is 24.0 Å². The summed E-state index contributed by atoms with van der Waals surface area (Å²) < 4.78 is 10.8. The molecule has 0 saturated carbocycles. The van der Waals surface area contributed by atoms with Crippen molar-refractivity contribution in [1.29, 1.82) is 0 Å². The largest absolute Gasteiger partial charge is 0.497 e. The van der Waals surface area contributed by atoms with Gasteiger partial charge < -0.3 is 25.4 Å². The van der Waals surface area contributed by atoms with Gasteiger partial charge in [0.15, 0.2) is 5.96 Å². The van der Waals surface area contributed by atoms with Gasteiger partial charge in [0.2, 0.25) is 5.91 Å². The fourth-order valence-electron chi connectivity index (χ4n) is 3.37. The van der Waals surface area contributed by atoms with Gasteiger partial charge >= 0.3 is 0 Å². The zero-order valence-corrected chi connectivity index (χ0v) is 21.7. The second-order valence-electron chi connectivity index (χ2n) is 7.99. The van der Waals surface area contributed by atoms with Crippen LogP contribution in [0.5, 0.6) is 5.75 Å². The number of aliphatic imine (C=N–C) groups is 1. The van der Waals surface area contributed by atoms with Crippen LogP contribution in [0.2, 0.25) is 0 Å². The molecule has 3 N–H and O–H groups in total. The van der Waals surface area contributed by atoms with E-state index in [-0.39, 0.29) is 35.9 Å². The van der Waals surface area contributed by atoms with E-state index in [0.29, 0.717) is 25.6 Å². The van der Waals surface area contributed by atoms with Crippen molar-refractivity contribution in [2.45, 2.75) is 26.8 Å². The Balaban J connectivity index is 0.00000480. The first-order valence-corrected chi connectivity index (χ1v) is 10.6. The molecule has 0 aromatic heterocycles. The van der Waals surface area contributed by atoms with Crippen LogP contribution in [0.25, 0.3) is 0 Å². The number of hydrogen-bond acceptors (Lipinski definition) is 5. The molecule has 1 aliphatic heterocycles. The Labute approximate surface area is 203 Å². The van der Waals surface area contributed by atoms with Crippen molar-refractivity contribution >= 4 is 35.8 Å². The maximum absolute atomic E-state index is 12.2. The Morgan fingerprint density at radius 2 is 1.84 bits per heavy atom. The minimum absolute atomic E-state index is 0. The van der Waals surface area contributed by atoms with Crippen molar-refractivity contribution in [2.75, 3.05) is 60.1 Å². The molecule has 0 aliphatic carbocycles. The second-order valence-corrected chi connectivity index (χ2v) is 7.99. The molecule has 1 aromatic carbocycles. The monoisotopic (exact) mass is 547 g/mol. The Hall–Kier alpha value is -1.59. The normalized spacial score (nSPS) is 16.1. The fourth-order valence-corrected chi connectivity index (χ4v) is 3.37. The van der Waals surface area contributed by atoms with E-state index >= 15 is 0 Å². The number of hydrogen-bond donors (Lipinski definition) is 3. The third-order valence-corrected chi connectivity index (χ3v) is 5.32. The van der Waals surface area contributed by atoms with Crippen LogP contribution in [-0.2, 0) is 9.53 Å². The molecule has 1 heterocycles. The van der Waals surface area contributed by atoms with E-state index in [9.17, 15) is 4.79 Å². The molecule has 31 heavy (non-hydrogen) atoms. The Bertz CT molecular complexity index is 691. The highest BCUT2D eigenvalue weighted by atomic mass is 127. The summed E-state index contributed by atoms with van der Waals surface area (Å²) in [5.41, 5.74) is 0.677. The van der Waals surface area contributed by atoms with E-state index in [1.165, 1.54) is 5.56 Å². The molecule has 9 heteroatoms. The number of guanidine groups is 1. The predicted octanol–water partition coefficient (Wildman–Crippen LogP) is 2.01. The van der Waals surface area contributed by atoms with Crippen molar-refractivity contribution in [1.82, 2.24) is 20.9 Å². The number of morpholine rings is 1. The smallest absolute Gasteiger partial charge is 0.227 e. The average Bonchev–Trinajstić information content (AvgIpc) is 2.77. The lowest BCUT2D eigenvalue weighted by molar-refractivity contribution is -0.128. The number of carbonyl (C=O) groups is 1. The summed E-state index contributed by atoms with van der Waals surface area (Å²) in [6.45, 7) is 10.8. The zero-order valence-electron chi connectivity index (χ0n) is 19.4. The first-order valence-electron chi connectivity index (χ1n) is 10.6. The lowest BCUT2D eigenvalue weighted by Gasteiger charge is -2.35. The van der Waals surface area contributed by atoms with Gasteiger partial charge in [-0.3, -0.25) is 14.7 Å². The van der Waals surface area contributed by atoms with E-state index in [1.807, 2.05) is 32.9 Å². The Morgan fingerprint density at radius 3 is 2.39 bits per heavy atom. The number of ether oxygens (including phenoxy) is 2. The molecular weight excluding hydrogens is 509 g/mol. The van der Waals surface area contributed by atoms with Crippen LogP contribution < -0.4 is 20.7 Å². The molecule has 1 aliphatic rings. The molecular formula is C22H38IN5O3. The molecule has 0 spiro atoms.